The van der Waals surface area contributed by atoms with Crippen molar-refractivity contribution in [2.45, 2.75) is 5.03 Å². The summed E-state index contributed by atoms with van der Waals surface area (Å²) in [5.74, 6) is -1.78. The number of carbonyl (C=O) groups is 2. The highest BCUT2D eigenvalue weighted by molar-refractivity contribution is 7.99. The summed E-state index contributed by atoms with van der Waals surface area (Å²) in [6.07, 6.45) is 0. The van der Waals surface area contributed by atoms with Crippen molar-refractivity contribution in [3.8, 4) is 16.9 Å². The second-order valence-corrected chi connectivity index (χ2v) is 7.61. The number of hydrogen-bond acceptors (Lipinski definition) is 6. The van der Waals surface area contributed by atoms with Gasteiger partial charge in [-0.15, -0.1) is 11.8 Å². The predicted molar refractivity (Wildman–Crippen MR) is 118 cm³/mol. The SMILES string of the molecule is COc1ccc2nc(SCCN(C)C)c(-c3ccccc3)cc2c1.O=C(O)C(=O)O. The molecule has 0 atom stereocenters. The van der Waals surface area contributed by atoms with E-state index in [4.69, 9.17) is 29.5 Å². The number of fused-ring (bicyclic) bond motifs is 1. The first kappa shape index (κ1) is 23.2. The molecule has 0 unspecified atom stereocenters. The first-order valence-corrected chi connectivity index (χ1v) is 10.1. The number of rotatable bonds is 6. The topological polar surface area (TPSA) is 100.0 Å². The summed E-state index contributed by atoms with van der Waals surface area (Å²) >= 11 is 1.81. The number of carboxylic acid groups (broad SMARTS) is 2. The number of aliphatic carboxylic acids is 2. The molecule has 8 heteroatoms. The van der Waals surface area contributed by atoms with Crippen molar-refractivity contribution < 1.29 is 24.5 Å². The molecule has 0 bridgehead atoms. The standard InChI is InChI=1S/C20H22N2OS.C2H2O4/c1-22(2)11-12-24-20-18(15-7-5-4-6-8-15)14-16-13-17(23-3)9-10-19(16)21-20;3-1(4)2(5)6/h4-10,13-14H,11-12H2,1-3H3;(H,3,4)(H,5,6). The van der Waals surface area contributed by atoms with Crippen LogP contribution in [-0.4, -0.2) is 65.5 Å². The first-order valence-electron chi connectivity index (χ1n) is 9.09. The van der Waals surface area contributed by atoms with E-state index in [1.54, 1.807) is 7.11 Å². The van der Waals surface area contributed by atoms with E-state index in [0.29, 0.717) is 0 Å². The molecule has 2 N–H and O–H groups in total. The number of hydrogen-bond donors (Lipinski definition) is 2. The van der Waals surface area contributed by atoms with Crippen molar-refractivity contribution in [2.75, 3.05) is 33.5 Å². The van der Waals surface area contributed by atoms with Gasteiger partial charge in [-0.2, -0.15) is 0 Å². The zero-order chi connectivity index (χ0) is 22.1. The molecule has 0 fully saturated rings. The highest BCUT2D eigenvalue weighted by Crippen LogP contribution is 2.33. The lowest BCUT2D eigenvalue weighted by Gasteiger charge is -2.13. The molecule has 0 radical (unpaired) electrons. The van der Waals surface area contributed by atoms with Gasteiger partial charge in [0.15, 0.2) is 0 Å². The molecule has 1 aromatic heterocycles. The van der Waals surface area contributed by atoms with E-state index in [0.717, 1.165) is 34.0 Å². The predicted octanol–water partition coefficient (Wildman–Crippen LogP) is 3.72. The lowest BCUT2D eigenvalue weighted by Crippen LogP contribution is -2.14. The second kappa shape index (κ2) is 11.2. The van der Waals surface area contributed by atoms with Crippen LogP contribution in [0.15, 0.2) is 59.6 Å². The van der Waals surface area contributed by atoms with Crippen molar-refractivity contribution in [3.05, 3.63) is 54.6 Å². The maximum atomic E-state index is 9.10. The van der Waals surface area contributed by atoms with E-state index in [-0.39, 0.29) is 0 Å². The summed E-state index contributed by atoms with van der Waals surface area (Å²) in [5.41, 5.74) is 3.38. The summed E-state index contributed by atoms with van der Waals surface area (Å²) < 4.78 is 5.35. The number of carboxylic acids is 2. The third-order valence-electron chi connectivity index (χ3n) is 4.03. The van der Waals surface area contributed by atoms with Gasteiger partial charge < -0.3 is 19.8 Å². The Bertz CT molecular complexity index is 997. The van der Waals surface area contributed by atoms with Crippen molar-refractivity contribution in [3.63, 3.8) is 0 Å². The van der Waals surface area contributed by atoms with Crippen LogP contribution < -0.4 is 4.74 Å². The molecule has 3 aromatic rings. The molecule has 7 nitrogen and oxygen atoms in total. The van der Waals surface area contributed by atoms with Crippen LogP contribution in [0.1, 0.15) is 0 Å². The molecule has 2 aromatic carbocycles. The third kappa shape index (κ3) is 6.75. The van der Waals surface area contributed by atoms with E-state index in [1.807, 2.05) is 36.0 Å². The van der Waals surface area contributed by atoms with Crippen LogP contribution in [-0.2, 0) is 9.59 Å². The fourth-order valence-corrected chi connectivity index (χ4v) is 3.67. The fraction of sp³-hybridized carbons (Fsp3) is 0.227. The van der Waals surface area contributed by atoms with E-state index in [1.165, 1.54) is 11.1 Å². The van der Waals surface area contributed by atoms with Crippen LogP contribution in [0.5, 0.6) is 5.75 Å². The smallest absolute Gasteiger partial charge is 0.414 e. The van der Waals surface area contributed by atoms with Crippen molar-refractivity contribution >= 4 is 34.6 Å². The van der Waals surface area contributed by atoms with Crippen molar-refractivity contribution in [1.82, 2.24) is 9.88 Å². The van der Waals surface area contributed by atoms with Gasteiger partial charge in [-0.1, -0.05) is 30.3 Å². The molecule has 0 aliphatic heterocycles. The van der Waals surface area contributed by atoms with Crippen LogP contribution in [0, 0.1) is 0 Å². The molecule has 0 spiro atoms. The highest BCUT2D eigenvalue weighted by atomic mass is 32.2. The summed E-state index contributed by atoms with van der Waals surface area (Å²) in [6.45, 7) is 1.03. The van der Waals surface area contributed by atoms with Gasteiger partial charge in [-0.3, -0.25) is 0 Å². The zero-order valence-corrected chi connectivity index (χ0v) is 17.8. The second-order valence-electron chi connectivity index (χ2n) is 6.53. The van der Waals surface area contributed by atoms with Gasteiger partial charge in [0.1, 0.15) is 10.8 Å². The van der Waals surface area contributed by atoms with Gasteiger partial charge in [0.05, 0.1) is 12.6 Å². The Morgan fingerprint density at radius 2 is 1.70 bits per heavy atom. The van der Waals surface area contributed by atoms with Crippen molar-refractivity contribution in [2.24, 2.45) is 0 Å². The summed E-state index contributed by atoms with van der Waals surface area (Å²) in [4.78, 5) is 25.3. The van der Waals surface area contributed by atoms with Crippen LogP contribution >= 0.6 is 11.8 Å². The number of thioether (sulfide) groups is 1. The molecule has 0 aliphatic rings. The summed E-state index contributed by atoms with van der Waals surface area (Å²) in [5, 5.41) is 17.0. The molecular formula is C22H24N2O5S. The fourth-order valence-electron chi connectivity index (χ4n) is 2.52. The Kier molecular flexibility index (Phi) is 8.64. The minimum Gasteiger partial charge on any atom is -0.497 e. The Morgan fingerprint density at radius 3 is 2.27 bits per heavy atom. The Morgan fingerprint density at radius 1 is 1.03 bits per heavy atom. The molecule has 1 heterocycles. The lowest BCUT2D eigenvalue weighted by atomic mass is 10.1. The minimum atomic E-state index is -1.82. The number of nitrogens with zero attached hydrogens (tertiary/aromatic N) is 2. The van der Waals surface area contributed by atoms with Crippen LogP contribution in [0.2, 0.25) is 0 Å². The Balaban J connectivity index is 0.000000469. The zero-order valence-electron chi connectivity index (χ0n) is 17.0. The van der Waals surface area contributed by atoms with E-state index >= 15 is 0 Å². The minimum absolute atomic E-state index is 0.858. The van der Waals surface area contributed by atoms with E-state index in [2.05, 4.69) is 49.3 Å². The third-order valence-corrected chi connectivity index (χ3v) is 5.00. The molecule has 30 heavy (non-hydrogen) atoms. The summed E-state index contributed by atoms with van der Waals surface area (Å²) in [7, 11) is 5.88. The molecular weight excluding hydrogens is 404 g/mol. The van der Waals surface area contributed by atoms with Gasteiger partial charge in [0.25, 0.3) is 0 Å². The Labute approximate surface area is 179 Å². The molecule has 158 valence electrons. The molecule has 0 aliphatic carbocycles. The average Bonchev–Trinajstić information content (AvgIpc) is 2.73. The monoisotopic (exact) mass is 428 g/mol. The van der Waals surface area contributed by atoms with Gasteiger partial charge in [-0.25, -0.2) is 14.6 Å². The lowest BCUT2D eigenvalue weighted by molar-refractivity contribution is -0.159. The average molecular weight is 429 g/mol. The van der Waals surface area contributed by atoms with Gasteiger partial charge in [0, 0.05) is 23.2 Å². The Hall–Kier alpha value is -3.10. The number of aromatic nitrogens is 1. The van der Waals surface area contributed by atoms with E-state index in [9.17, 15) is 0 Å². The molecule has 0 saturated heterocycles. The first-order chi connectivity index (χ1) is 14.3. The van der Waals surface area contributed by atoms with Gasteiger partial charge in [-0.05, 0) is 43.9 Å². The summed E-state index contributed by atoms with van der Waals surface area (Å²) in [6, 6.07) is 18.7. The molecule has 0 amide bonds. The number of methoxy groups -OCH3 is 1. The highest BCUT2D eigenvalue weighted by Gasteiger charge is 2.11. The molecule has 0 saturated carbocycles. The largest absolute Gasteiger partial charge is 0.497 e. The van der Waals surface area contributed by atoms with Crippen molar-refractivity contribution in [1.29, 1.82) is 0 Å². The number of benzene rings is 2. The van der Waals surface area contributed by atoms with Crippen LogP contribution in [0.25, 0.3) is 22.0 Å². The number of pyridine rings is 1. The van der Waals surface area contributed by atoms with Gasteiger partial charge >= 0.3 is 11.9 Å². The molecule has 3 rings (SSSR count). The maximum Gasteiger partial charge on any atom is 0.414 e. The number of ether oxygens (including phenoxy) is 1. The quantitative estimate of drug-likeness (QED) is 0.453. The van der Waals surface area contributed by atoms with Gasteiger partial charge in [0.2, 0.25) is 0 Å². The van der Waals surface area contributed by atoms with E-state index < -0.39 is 11.9 Å². The maximum absolute atomic E-state index is 9.10. The van der Waals surface area contributed by atoms with Crippen LogP contribution in [0.3, 0.4) is 0 Å². The van der Waals surface area contributed by atoms with Crippen LogP contribution in [0.4, 0.5) is 0 Å². The normalized spacial score (nSPS) is 10.4.